The van der Waals surface area contributed by atoms with Gasteiger partial charge in [0.05, 0.1) is 18.6 Å². The number of rotatable bonds is 10. The maximum Gasteiger partial charge on any atom is 0.229 e. The third-order valence-corrected chi connectivity index (χ3v) is 6.51. The number of ether oxygens (including phenoxy) is 1. The number of aryl methyl sites for hydroxylation is 2. The van der Waals surface area contributed by atoms with Crippen molar-refractivity contribution >= 4 is 21.5 Å². The summed E-state index contributed by atoms with van der Waals surface area (Å²) >= 11 is 0. The summed E-state index contributed by atoms with van der Waals surface area (Å²) in [6, 6.07) is 7.99. The highest BCUT2D eigenvalue weighted by Gasteiger charge is 2.20. The highest BCUT2D eigenvalue weighted by molar-refractivity contribution is 7.92. The summed E-state index contributed by atoms with van der Waals surface area (Å²) in [6.07, 6.45) is 6.60. The van der Waals surface area contributed by atoms with Crippen LogP contribution in [0.15, 0.2) is 30.3 Å². The molecule has 1 heterocycles. The van der Waals surface area contributed by atoms with Gasteiger partial charge in [-0.3, -0.25) is 9.52 Å². The molecule has 1 atom stereocenters. The number of halogens is 1. The lowest BCUT2D eigenvalue weighted by Gasteiger charge is -2.16. The number of hydrogen-bond donors (Lipinski definition) is 1. The second kappa shape index (κ2) is 10.4. The number of sulfonamides is 1. The van der Waals surface area contributed by atoms with E-state index in [4.69, 9.17) is 4.74 Å². The van der Waals surface area contributed by atoms with Gasteiger partial charge < -0.3 is 4.74 Å². The molecule has 0 aliphatic heterocycles. The van der Waals surface area contributed by atoms with E-state index in [1.165, 1.54) is 37.8 Å². The third-order valence-electron chi connectivity index (χ3n) is 5.92. The number of anilines is 1. The second-order valence-electron chi connectivity index (χ2n) is 8.68. The van der Waals surface area contributed by atoms with Gasteiger partial charge >= 0.3 is 0 Å². The zero-order chi connectivity index (χ0) is 23.3. The molecule has 0 amide bonds. The van der Waals surface area contributed by atoms with Gasteiger partial charge in [-0.25, -0.2) is 17.8 Å². The summed E-state index contributed by atoms with van der Waals surface area (Å²) in [7, 11) is -3.58. The number of aromatic nitrogens is 1. The molecule has 32 heavy (non-hydrogen) atoms. The molecule has 0 spiro atoms. The Morgan fingerprint density at radius 3 is 2.62 bits per heavy atom. The molecule has 0 radical (unpaired) electrons. The largest absolute Gasteiger partial charge is 0.477 e. The molecule has 1 fully saturated rings. The fourth-order valence-electron chi connectivity index (χ4n) is 3.99. The lowest BCUT2D eigenvalue weighted by molar-refractivity contribution is -0.120. The van der Waals surface area contributed by atoms with Crippen molar-refractivity contribution in [1.29, 1.82) is 0 Å². The van der Waals surface area contributed by atoms with Crippen LogP contribution in [0.1, 0.15) is 61.8 Å². The zero-order valence-electron chi connectivity index (χ0n) is 18.9. The van der Waals surface area contributed by atoms with Crippen molar-refractivity contribution in [2.45, 2.75) is 58.3 Å². The van der Waals surface area contributed by atoms with Gasteiger partial charge in [-0.2, -0.15) is 0 Å². The number of carbonyl (C=O) groups excluding carboxylic acids is 1. The Bertz CT molecular complexity index is 1070. The molecule has 1 aliphatic carbocycles. The summed E-state index contributed by atoms with van der Waals surface area (Å²) < 4.78 is 45.1. The van der Waals surface area contributed by atoms with Crippen molar-refractivity contribution < 1.29 is 22.3 Å². The van der Waals surface area contributed by atoms with E-state index in [9.17, 15) is 17.6 Å². The molecule has 1 aromatic heterocycles. The first-order valence-corrected chi connectivity index (χ1v) is 12.9. The fourth-order valence-corrected chi connectivity index (χ4v) is 4.56. The Morgan fingerprint density at radius 2 is 1.97 bits per heavy atom. The van der Waals surface area contributed by atoms with Crippen molar-refractivity contribution in [3.05, 3.63) is 53.0 Å². The fraction of sp³-hybridized carbons (Fsp3) is 0.500. The molecule has 1 saturated carbocycles. The van der Waals surface area contributed by atoms with Crippen LogP contribution in [0.25, 0.3) is 0 Å². The smallest absolute Gasteiger partial charge is 0.229 e. The minimum absolute atomic E-state index is 0.0319. The maximum absolute atomic E-state index is 14.3. The van der Waals surface area contributed by atoms with Crippen LogP contribution in [-0.2, 0) is 21.2 Å². The van der Waals surface area contributed by atoms with E-state index in [1.54, 1.807) is 13.0 Å². The summed E-state index contributed by atoms with van der Waals surface area (Å²) in [5.41, 5.74) is 2.14. The Hall–Kier alpha value is -2.48. The van der Waals surface area contributed by atoms with Crippen molar-refractivity contribution in [2.24, 2.45) is 5.92 Å². The first-order valence-electron chi connectivity index (χ1n) is 11.0. The molecule has 1 N–H and O–H groups in total. The summed E-state index contributed by atoms with van der Waals surface area (Å²) in [5, 5.41) is 0. The Kier molecular flexibility index (Phi) is 7.87. The van der Waals surface area contributed by atoms with Crippen molar-refractivity contribution in [3.8, 4) is 5.88 Å². The van der Waals surface area contributed by atoms with Gasteiger partial charge in [0.1, 0.15) is 11.6 Å². The summed E-state index contributed by atoms with van der Waals surface area (Å²) in [4.78, 5) is 17.3. The molecule has 3 rings (SSSR count). The molecule has 8 heteroatoms. The van der Waals surface area contributed by atoms with Gasteiger partial charge in [0.15, 0.2) is 0 Å². The Labute approximate surface area is 189 Å². The van der Waals surface area contributed by atoms with E-state index in [1.807, 2.05) is 19.1 Å². The van der Waals surface area contributed by atoms with Crippen LogP contribution in [0.3, 0.4) is 0 Å². The molecule has 1 unspecified atom stereocenters. The maximum atomic E-state index is 14.3. The van der Waals surface area contributed by atoms with Gasteiger partial charge in [0.2, 0.25) is 15.9 Å². The number of benzene rings is 1. The number of hydrogen-bond acceptors (Lipinski definition) is 5. The van der Waals surface area contributed by atoms with Crippen LogP contribution in [0.2, 0.25) is 0 Å². The first kappa shape index (κ1) is 24.2. The summed E-state index contributed by atoms with van der Waals surface area (Å²) in [5.74, 6) is -0.0898. The van der Waals surface area contributed by atoms with Crippen molar-refractivity contribution in [3.63, 3.8) is 0 Å². The van der Waals surface area contributed by atoms with E-state index < -0.39 is 21.8 Å². The molecule has 0 saturated heterocycles. The van der Waals surface area contributed by atoms with E-state index in [-0.39, 0.29) is 17.9 Å². The predicted molar refractivity (Wildman–Crippen MR) is 123 cm³/mol. The lowest BCUT2D eigenvalue weighted by Crippen LogP contribution is -2.14. The monoisotopic (exact) mass is 462 g/mol. The lowest BCUT2D eigenvalue weighted by atomic mass is 9.93. The number of nitrogens with one attached hydrogen (secondary N) is 1. The van der Waals surface area contributed by atoms with Crippen LogP contribution in [-0.4, -0.2) is 32.0 Å². The van der Waals surface area contributed by atoms with E-state index in [2.05, 4.69) is 9.71 Å². The van der Waals surface area contributed by atoms with Crippen molar-refractivity contribution in [2.75, 3.05) is 17.6 Å². The molecular formula is C24H31FN2O4S. The second-order valence-corrected chi connectivity index (χ2v) is 10.4. The number of nitrogens with zero attached hydrogens (tertiary/aromatic N) is 1. The van der Waals surface area contributed by atoms with Gasteiger partial charge in [0.25, 0.3) is 0 Å². The molecule has 174 valence electrons. The standard InChI is InChI=1S/C24H31FN2O4S/c1-16-8-9-19(24(26-16)31-15-18-6-4-5-7-18)11-13-23(28)17(2)20-10-12-22(21(25)14-20)27-32(3,29)30/h8-10,12,14,17-18,27H,4-7,11,13,15H2,1-3H3. The van der Waals surface area contributed by atoms with Gasteiger partial charge in [0, 0.05) is 23.6 Å². The molecular weight excluding hydrogens is 431 g/mol. The van der Waals surface area contributed by atoms with Gasteiger partial charge in [-0.05, 0) is 55.9 Å². The molecule has 1 aliphatic rings. The van der Waals surface area contributed by atoms with Crippen LogP contribution in [0.4, 0.5) is 10.1 Å². The Morgan fingerprint density at radius 1 is 1.25 bits per heavy atom. The molecule has 2 aromatic rings. The minimum atomic E-state index is -3.58. The van der Waals surface area contributed by atoms with E-state index in [0.717, 1.165) is 17.5 Å². The quantitative estimate of drug-likeness (QED) is 0.549. The average Bonchev–Trinajstić information content (AvgIpc) is 3.25. The van der Waals surface area contributed by atoms with Crippen LogP contribution < -0.4 is 9.46 Å². The van der Waals surface area contributed by atoms with Crippen LogP contribution in [0.5, 0.6) is 5.88 Å². The van der Waals surface area contributed by atoms with Crippen LogP contribution >= 0.6 is 0 Å². The zero-order valence-corrected chi connectivity index (χ0v) is 19.7. The van der Waals surface area contributed by atoms with Gasteiger partial charge in [-0.1, -0.05) is 31.9 Å². The highest BCUT2D eigenvalue weighted by atomic mass is 32.2. The van der Waals surface area contributed by atoms with Gasteiger partial charge in [-0.15, -0.1) is 0 Å². The first-order chi connectivity index (χ1) is 15.1. The number of pyridine rings is 1. The Balaban J connectivity index is 1.63. The third kappa shape index (κ3) is 6.76. The molecule has 1 aromatic carbocycles. The topological polar surface area (TPSA) is 85.4 Å². The van der Waals surface area contributed by atoms with E-state index >= 15 is 0 Å². The predicted octanol–water partition coefficient (Wildman–Crippen LogP) is 4.78. The summed E-state index contributed by atoms with van der Waals surface area (Å²) in [6.45, 7) is 4.29. The van der Waals surface area contributed by atoms with Crippen molar-refractivity contribution in [1.82, 2.24) is 4.98 Å². The van der Waals surface area contributed by atoms with E-state index in [0.29, 0.717) is 30.4 Å². The normalized spacial score (nSPS) is 15.5. The SMILES string of the molecule is Cc1ccc(CCC(=O)C(C)c2ccc(NS(C)(=O)=O)c(F)c2)c(OCC2CCCC2)n1. The molecule has 6 nitrogen and oxygen atoms in total. The number of Topliss-reactive ketones (excluding diaryl/α,β-unsaturated/α-hetero) is 1. The average molecular weight is 463 g/mol. The number of carbonyl (C=O) groups is 1. The number of ketones is 1. The highest BCUT2D eigenvalue weighted by Crippen LogP contribution is 2.28. The minimum Gasteiger partial charge on any atom is -0.477 e. The van der Waals surface area contributed by atoms with Crippen LogP contribution in [0, 0.1) is 18.7 Å². The molecule has 0 bridgehead atoms.